The fourth-order valence-corrected chi connectivity index (χ4v) is 1.35. The summed E-state index contributed by atoms with van der Waals surface area (Å²) in [5, 5.41) is 12.5. The number of nitrogens with one attached hydrogen (secondary N) is 1. The van der Waals surface area contributed by atoms with Gasteiger partial charge in [-0.3, -0.25) is 0 Å². The number of hydrogen-bond acceptors (Lipinski definition) is 4. The fourth-order valence-electron chi connectivity index (χ4n) is 1.35. The number of aliphatic hydroxyl groups excluding tert-OH is 1. The maximum absolute atomic E-state index is 13.2. The summed E-state index contributed by atoms with van der Waals surface area (Å²) in [4.78, 5) is 0. The summed E-state index contributed by atoms with van der Waals surface area (Å²) in [6.07, 6.45) is -0.603. The van der Waals surface area contributed by atoms with E-state index in [4.69, 9.17) is 10.5 Å². The van der Waals surface area contributed by atoms with E-state index in [1.165, 1.54) is 6.07 Å². The van der Waals surface area contributed by atoms with Crippen molar-refractivity contribution < 1.29 is 14.2 Å². The molecule has 0 aromatic heterocycles. The first-order chi connectivity index (χ1) is 8.24. The molecule has 0 heterocycles. The molecule has 4 N–H and O–H groups in total. The van der Waals surface area contributed by atoms with Crippen LogP contribution >= 0.6 is 0 Å². The van der Waals surface area contributed by atoms with Gasteiger partial charge in [0.15, 0.2) is 0 Å². The maximum Gasteiger partial charge on any atom is 0.128 e. The first kappa shape index (κ1) is 14.1. The second-order valence-electron chi connectivity index (χ2n) is 3.75. The number of rotatable bonds is 8. The van der Waals surface area contributed by atoms with Crippen molar-refractivity contribution in [1.82, 2.24) is 5.32 Å². The Hall–Kier alpha value is -1.01. The van der Waals surface area contributed by atoms with Crippen molar-refractivity contribution in [3.05, 3.63) is 35.6 Å². The highest BCUT2D eigenvalue weighted by Crippen LogP contribution is 2.07. The maximum atomic E-state index is 13.2. The minimum absolute atomic E-state index is 0.167. The predicted octanol–water partition coefficient (Wildman–Crippen LogP) is 0.252. The summed E-state index contributed by atoms with van der Waals surface area (Å²) < 4.78 is 18.4. The molecule has 1 aromatic carbocycles. The predicted molar refractivity (Wildman–Crippen MR) is 64.0 cm³/mol. The summed E-state index contributed by atoms with van der Waals surface area (Å²) in [5.41, 5.74) is 5.79. The van der Waals surface area contributed by atoms with Crippen LogP contribution in [0.15, 0.2) is 24.3 Å². The van der Waals surface area contributed by atoms with Crippen LogP contribution in [0.1, 0.15) is 5.56 Å². The zero-order chi connectivity index (χ0) is 12.5. The van der Waals surface area contributed by atoms with E-state index in [1.54, 1.807) is 18.2 Å². The standard InChI is InChI=1S/C12H19FN2O2/c13-12-4-2-1-3-10(12)8-17-9-11(16)7-15-6-5-14/h1-4,11,15-16H,5-9,14H2. The highest BCUT2D eigenvalue weighted by Gasteiger charge is 2.05. The Labute approximate surface area is 101 Å². The van der Waals surface area contributed by atoms with Gasteiger partial charge in [-0.05, 0) is 6.07 Å². The highest BCUT2D eigenvalue weighted by molar-refractivity contribution is 5.16. The van der Waals surface area contributed by atoms with E-state index in [0.717, 1.165) is 0 Å². The Kier molecular flexibility index (Phi) is 6.73. The third-order valence-electron chi connectivity index (χ3n) is 2.23. The van der Waals surface area contributed by atoms with Crippen LogP contribution in [0.25, 0.3) is 0 Å². The number of nitrogens with two attached hydrogens (primary N) is 1. The lowest BCUT2D eigenvalue weighted by atomic mass is 10.2. The van der Waals surface area contributed by atoms with Crippen molar-refractivity contribution in [3.8, 4) is 0 Å². The zero-order valence-electron chi connectivity index (χ0n) is 9.73. The van der Waals surface area contributed by atoms with Crippen LogP contribution in [0.4, 0.5) is 4.39 Å². The van der Waals surface area contributed by atoms with Crippen LogP contribution in [0.5, 0.6) is 0 Å². The summed E-state index contributed by atoms with van der Waals surface area (Å²) in [6, 6.07) is 6.43. The molecular formula is C12H19FN2O2. The smallest absolute Gasteiger partial charge is 0.128 e. The molecule has 1 rings (SSSR count). The molecule has 0 aliphatic heterocycles. The topological polar surface area (TPSA) is 67.5 Å². The molecule has 1 unspecified atom stereocenters. The molecule has 0 aliphatic carbocycles. The van der Waals surface area contributed by atoms with Crippen LogP contribution in [0, 0.1) is 5.82 Å². The van der Waals surface area contributed by atoms with Gasteiger partial charge < -0.3 is 20.9 Å². The van der Waals surface area contributed by atoms with Crippen molar-refractivity contribution in [2.45, 2.75) is 12.7 Å². The SMILES string of the molecule is NCCNCC(O)COCc1ccccc1F. The van der Waals surface area contributed by atoms with Gasteiger partial charge in [-0.15, -0.1) is 0 Å². The van der Waals surface area contributed by atoms with E-state index in [1.807, 2.05) is 0 Å². The molecule has 5 heteroatoms. The molecule has 0 radical (unpaired) electrons. The van der Waals surface area contributed by atoms with Crippen molar-refractivity contribution in [3.63, 3.8) is 0 Å². The van der Waals surface area contributed by atoms with Crippen molar-refractivity contribution in [1.29, 1.82) is 0 Å². The molecule has 0 saturated carbocycles. The summed E-state index contributed by atoms with van der Waals surface area (Å²) >= 11 is 0. The first-order valence-electron chi connectivity index (χ1n) is 5.64. The molecule has 0 saturated heterocycles. The van der Waals surface area contributed by atoms with Crippen LogP contribution in [-0.2, 0) is 11.3 Å². The number of halogens is 1. The van der Waals surface area contributed by atoms with E-state index in [-0.39, 0.29) is 19.0 Å². The van der Waals surface area contributed by atoms with Crippen LogP contribution in [-0.4, -0.2) is 37.5 Å². The average Bonchev–Trinajstić information content (AvgIpc) is 2.32. The van der Waals surface area contributed by atoms with Gasteiger partial charge in [0.25, 0.3) is 0 Å². The number of benzene rings is 1. The Morgan fingerprint density at radius 1 is 1.41 bits per heavy atom. The Morgan fingerprint density at radius 3 is 2.88 bits per heavy atom. The van der Waals surface area contributed by atoms with Crippen LogP contribution in [0.3, 0.4) is 0 Å². The molecular weight excluding hydrogens is 223 g/mol. The summed E-state index contributed by atoms with van der Waals surface area (Å²) in [7, 11) is 0. The third-order valence-corrected chi connectivity index (χ3v) is 2.23. The average molecular weight is 242 g/mol. The molecule has 0 spiro atoms. The lowest BCUT2D eigenvalue weighted by molar-refractivity contribution is 0.0281. The molecule has 1 atom stereocenters. The lowest BCUT2D eigenvalue weighted by Crippen LogP contribution is -2.33. The number of aliphatic hydroxyl groups is 1. The molecule has 0 amide bonds. The van der Waals surface area contributed by atoms with Crippen LogP contribution < -0.4 is 11.1 Å². The summed E-state index contributed by atoms with van der Waals surface area (Å²) in [5.74, 6) is -0.289. The quantitative estimate of drug-likeness (QED) is 0.572. The first-order valence-corrected chi connectivity index (χ1v) is 5.64. The molecule has 4 nitrogen and oxygen atoms in total. The van der Waals surface area contributed by atoms with Gasteiger partial charge in [-0.2, -0.15) is 0 Å². The van der Waals surface area contributed by atoms with Gasteiger partial charge in [0.05, 0.1) is 19.3 Å². The molecule has 1 aromatic rings. The van der Waals surface area contributed by atoms with Gasteiger partial charge in [0.2, 0.25) is 0 Å². The van der Waals surface area contributed by atoms with Crippen LogP contribution in [0.2, 0.25) is 0 Å². The minimum atomic E-state index is -0.603. The van der Waals surface area contributed by atoms with Crippen molar-refractivity contribution in [2.75, 3.05) is 26.2 Å². The number of hydrogen-bond donors (Lipinski definition) is 3. The van der Waals surface area contributed by atoms with E-state index < -0.39 is 6.10 Å². The highest BCUT2D eigenvalue weighted by atomic mass is 19.1. The van der Waals surface area contributed by atoms with E-state index in [2.05, 4.69) is 5.32 Å². The van der Waals surface area contributed by atoms with Gasteiger partial charge in [-0.1, -0.05) is 18.2 Å². The van der Waals surface area contributed by atoms with E-state index >= 15 is 0 Å². The van der Waals surface area contributed by atoms with E-state index in [0.29, 0.717) is 25.2 Å². The van der Waals surface area contributed by atoms with E-state index in [9.17, 15) is 9.50 Å². The Bertz CT molecular complexity index is 323. The Morgan fingerprint density at radius 2 is 2.18 bits per heavy atom. The largest absolute Gasteiger partial charge is 0.389 e. The third kappa shape index (κ3) is 5.74. The van der Waals surface area contributed by atoms with Gasteiger partial charge in [-0.25, -0.2) is 4.39 Å². The molecule has 0 bridgehead atoms. The Balaban J connectivity index is 2.17. The molecule has 0 fully saturated rings. The molecule has 17 heavy (non-hydrogen) atoms. The molecule has 0 aliphatic rings. The second-order valence-corrected chi connectivity index (χ2v) is 3.75. The van der Waals surface area contributed by atoms with Gasteiger partial charge in [0.1, 0.15) is 5.82 Å². The van der Waals surface area contributed by atoms with Crippen molar-refractivity contribution >= 4 is 0 Å². The number of ether oxygens (including phenoxy) is 1. The van der Waals surface area contributed by atoms with Gasteiger partial charge in [0, 0.05) is 25.2 Å². The second kappa shape index (κ2) is 8.14. The lowest BCUT2D eigenvalue weighted by Gasteiger charge is -2.12. The zero-order valence-corrected chi connectivity index (χ0v) is 9.73. The normalized spacial score (nSPS) is 12.6. The summed E-state index contributed by atoms with van der Waals surface area (Å²) in [6.45, 7) is 1.95. The monoisotopic (exact) mass is 242 g/mol. The van der Waals surface area contributed by atoms with Gasteiger partial charge >= 0.3 is 0 Å². The fraction of sp³-hybridized carbons (Fsp3) is 0.500. The molecule has 96 valence electrons. The minimum Gasteiger partial charge on any atom is -0.389 e. The van der Waals surface area contributed by atoms with Crippen molar-refractivity contribution in [2.24, 2.45) is 5.73 Å².